The van der Waals surface area contributed by atoms with Gasteiger partial charge in [0.15, 0.2) is 0 Å². The first kappa shape index (κ1) is 8.34. The minimum Gasteiger partial charge on any atom is -0.293 e. The highest BCUT2D eigenvalue weighted by Crippen LogP contribution is 2.00. The van der Waals surface area contributed by atoms with Gasteiger partial charge in [0, 0.05) is 12.8 Å². The maximum atomic E-state index is 12.3. The standard InChI is InChI=1S/C7H12FN/c1-4-7(8)5-6(2)9-3/h5H,4H2,1-3H3/b7-5+,9-6?. The molecular formula is C7H12FN. The van der Waals surface area contributed by atoms with E-state index < -0.39 is 0 Å². The number of rotatable bonds is 2. The number of aliphatic imine (C=N–C) groups is 1. The van der Waals surface area contributed by atoms with Crippen LogP contribution in [0.4, 0.5) is 4.39 Å². The second-order valence-electron chi connectivity index (χ2n) is 1.81. The predicted molar refractivity (Wildman–Crippen MR) is 38.5 cm³/mol. The lowest BCUT2D eigenvalue weighted by Gasteiger charge is -1.88. The Labute approximate surface area is 55.3 Å². The van der Waals surface area contributed by atoms with Crippen LogP contribution in [-0.2, 0) is 0 Å². The average Bonchev–Trinajstić information content (AvgIpc) is 1.87. The van der Waals surface area contributed by atoms with Gasteiger partial charge in [-0.3, -0.25) is 4.99 Å². The Bertz CT molecular complexity index is 136. The zero-order valence-electron chi connectivity index (χ0n) is 6.11. The Morgan fingerprint density at radius 1 is 1.67 bits per heavy atom. The molecule has 0 aromatic carbocycles. The van der Waals surface area contributed by atoms with Crippen LogP contribution in [0.1, 0.15) is 20.3 Å². The molecule has 0 aromatic heterocycles. The van der Waals surface area contributed by atoms with E-state index in [9.17, 15) is 4.39 Å². The molecule has 0 unspecified atom stereocenters. The fourth-order valence-corrected chi connectivity index (χ4v) is 0.393. The first-order valence-electron chi connectivity index (χ1n) is 3.00. The molecule has 0 spiro atoms. The SMILES string of the molecule is CC/C(F)=C\C(C)=NC. The number of hydrogen-bond donors (Lipinski definition) is 0. The molecule has 0 aliphatic rings. The van der Waals surface area contributed by atoms with Gasteiger partial charge in [-0.2, -0.15) is 0 Å². The molecule has 0 bridgehead atoms. The average molecular weight is 129 g/mol. The minimum absolute atomic E-state index is 0.113. The highest BCUT2D eigenvalue weighted by Gasteiger charge is 1.88. The van der Waals surface area contributed by atoms with Gasteiger partial charge in [0.2, 0.25) is 0 Å². The first-order valence-corrected chi connectivity index (χ1v) is 3.00. The molecule has 0 heterocycles. The smallest absolute Gasteiger partial charge is 0.101 e. The molecule has 0 aromatic rings. The topological polar surface area (TPSA) is 12.4 Å². The van der Waals surface area contributed by atoms with Crippen LogP contribution in [-0.4, -0.2) is 12.8 Å². The third kappa shape index (κ3) is 3.88. The zero-order chi connectivity index (χ0) is 7.28. The van der Waals surface area contributed by atoms with Crippen LogP contribution in [0.2, 0.25) is 0 Å². The van der Waals surface area contributed by atoms with E-state index in [0.717, 1.165) is 5.71 Å². The summed E-state index contributed by atoms with van der Waals surface area (Å²) in [4.78, 5) is 3.78. The normalized spacial score (nSPS) is 14.2. The predicted octanol–water partition coefficient (Wildman–Crippen LogP) is 2.34. The summed E-state index contributed by atoms with van der Waals surface area (Å²) in [7, 11) is 1.65. The van der Waals surface area contributed by atoms with Crippen LogP contribution in [0.5, 0.6) is 0 Å². The van der Waals surface area contributed by atoms with E-state index in [0.29, 0.717) is 6.42 Å². The van der Waals surface area contributed by atoms with Gasteiger partial charge in [-0.15, -0.1) is 0 Å². The quantitative estimate of drug-likeness (QED) is 0.507. The molecule has 0 aliphatic heterocycles. The van der Waals surface area contributed by atoms with Crippen molar-refractivity contribution in [2.24, 2.45) is 4.99 Å². The molecule has 0 amide bonds. The van der Waals surface area contributed by atoms with Gasteiger partial charge in [-0.05, 0) is 19.4 Å². The molecule has 2 heteroatoms. The third-order valence-corrected chi connectivity index (χ3v) is 1.06. The summed E-state index contributed by atoms with van der Waals surface area (Å²) < 4.78 is 12.3. The van der Waals surface area contributed by atoms with E-state index in [1.165, 1.54) is 6.08 Å². The molecule has 0 fully saturated rings. The molecule has 1 nitrogen and oxygen atoms in total. The lowest BCUT2D eigenvalue weighted by atomic mass is 10.3. The highest BCUT2D eigenvalue weighted by atomic mass is 19.1. The van der Waals surface area contributed by atoms with Crippen molar-refractivity contribution in [3.05, 3.63) is 11.9 Å². The molecular weight excluding hydrogens is 117 g/mol. The maximum Gasteiger partial charge on any atom is 0.101 e. The van der Waals surface area contributed by atoms with Crippen LogP contribution in [0.3, 0.4) is 0 Å². The van der Waals surface area contributed by atoms with Crippen molar-refractivity contribution in [1.29, 1.82) is 0 Å². The Morgan fingerprint density at radius 2 is 2.22 bits per heavy atom. The lowest BCUT2D eigenvalue weighted by Crippen LogP contribution is -1.84. The summed E-state index contributed by atoms with van der Waals surface area (Å²) >= 11 is 0. The summed E-state index contributed by atoms with van der Waals surface area (Å²) in [5, 5.41) is 0. The largest absolute Gasteiger partial charge is 0.293 e. The van der Waals surface area contributed by atoms with Crippen LogP contribution in [0.15, 0.2) is 16.9 Å². The molecule has 0 atom stereocenters. The molecule has 0 N–H and O–H groups in total. The van der Waals surface area contributed by atoms with Crippen molar-refractivity contribution >= 4 is 5.71 Å². The Balaban J connectivity index is 3.95. The summed E-state index contributed by atoms with van der Waals surface area (Å²) in [5.41, 5.74) is 0.731. The Kier molecular flexibility index (Phi) is 3.93. The van der Waals surface area contributed by atoms with E-state index in [1.54, 1.807) is 20.9 Å². The highest BCUT2D eigenvalue weighted by molar-refractivity contribution is 5.92. The molecule has 0 saturated carbocycles. The lowest BCUT2D eigenvalue weighted by molar-refractivity contribution is 0.606. The van der Waals surface area contributed by atoms with E-state index in [4.69, 9.17) is 0 Å². The molecule has 0 rings (SSSR count). The molecule has 0 saturated heterocycles. The Hall–Kier alpha value is -0.660. The number of allylic oxidation sites excluding steroid dienone is 2. The summed E-state index contributed by atoms with van der Waals surface area (Å²) in [6, 6.07) is 0. The molecule has 52 valence electrons. The maximum absolute atomic E-state index is 12.3. The first-order chi connectivity index (χ1) is 4.20. The van der Waals surface area contributed by atoms with Gasteiger partial charge in [-0.25, -0.2) is 4.39 Å². The van der Waals surface area contributed by atoms with Crippen molar-refractivity contribution in [1.82, 2.24) is 0 Å². The monoisotopic (exact) mass is 129 g/mol. The van der Waals surface area contributed by atoms with E-state index >= 15 is 0 Å². The van der Waals surface area contributed by atoms with Crippen LogP contribution in [0, 0.1) is 0 Å². The van der Waals surface area contributed by atoms with Crippen molar-refractivity contribution in [3.8, 4) is 0 Å². The van der Waals surface area contributed by atoms with Crippen LogP contribution in [0.25, 0.3) is 0 Å². The second kappa shape index (κ2) is 4.24. The van der Waals surface area contributed by atoms with E-state index in [-0.39, 0.29) is 5.83 Å². The zero-order valence-corrected chi connectivity index (χ0v) is 6.11. The van der Waals surface area contributed by atoms with Crippen LogP contribution < -0.4 is 0 Å². The number of hydrogen-bond acceptors (Lipinski definition) is 1. The fraction of sp³-hybridized carbons (Fsp3) is 0.571. The summed E-state index contributed by atoms with van der Waals surface area (Å²) in [5.74, 6) is -0.113. The van der Waals surface area contributed by atoms with Gasteiger partial charge in [0.1, 0.15) is 5.83 Å². The Morgan fingerprint density at radius 3 is 2.56 bits per heavy atom. The van der Waals surface area contributed by atoms with Crippen molar-refractivity contribution in [2.75, 3.05) is 7.05 Å². The van der Waals surface area contributed by atoms with Gasteiger partial charge < -0.3 is 0 Å². The second-order valence-corrected chi connectivity index (χ2v) is 1.81. The third-order valence-electron chi connectivity index (χ3n) is 1.06. The number of nitrogens with zero attached hydrogens (tertiary/aromatic N) is 1. The van der Waals surface area contributed by atoms with Crippen LogP contribution >= 0.6 is 0 Å². The van der Waals surface area contributed by atoms with Gasteiger partial charge >= 0.3 is 0 Å². The number of halogens is 1. The summed E-state index contributed by atoms with van der Waals surface area (Å²) in [6.45, 7) is 3.55. The molecule has 0 radical (unpaired) electrons. The van der Waals surface area contributed by atoms with Crippen molar-refractivity contribution in [2.45, 2.75) is 20.3 Å². The molecule has 0 aliphatic carbocycles. The fourth-order valence-electron chi connectivity index (χ4n) is 0.393. The van der Waals surface area contributed by atoms with Gasteiger partial charge in [0.05, 0.1) is 0 Å². The minimum atomic E-state index is -0.113. The van der Waals surface area contributed by atoms with E-state index in [1.807, 2.05) is 0 Å². The van der Waals surface area contributed by atoms with Crippen molar-refractivity contribution in [3.63, 3.8) is 0 Å². The van der Waals surface area contributed by atoms with Gasteiger partial charge in [0.25, 0.3) is 0 Å². The van der Waals surface area contributed by atoms with Crippen molar-refractivity contribution < 1.29 is 4.39 Å². The van der Waals surface area contributed by atoms with E-state index in [2.05, 4.69) is 4.99 Å². The molecule has 9 heavy (non-hydrogen) atoms. The van der Waals surface area contributed by atoms with Gasteiger partial charge in [-0.1, -0.05) is 6.92 Å². The summed E-state index contributed by atoms with van der Waals surface area (Å²) in [6.07, 6.45) is 1.90.